The topological polar surface area (TPSA) is 108 Å². The number of rotatable bonds is 9. The highest BCUT2D eigenvalue weighted by Gasteiger charge is 2.25. The van der Waals surface area contributed by atoms with Crippen molar-refractivity contribution in [2.75, 3.05) is 26.9 Å². The van der Waals surface area contributed by atoms with Crippen LogP contribution < -0.4 is 15.2 Å². The van der Waals surface area contributed by atoms with Crippen molar-refractivity contribution >= 4 is 17.8 Å². The first-order valence-electron chi connectivity index (χ1n) is 9.52. The molecule has 0 aromatic heterocycles. The highest BCUT2D eigenvalue weighted by molar-refractivity contribution is 5.92. The van der Waals surface area contributed by atoms with Gasteiger partial charge in [-0.2, -0.15) is 0 Å². The van der Waals surface area contributed by atoms with Gasteiger partial charge in [-0.05, 0) is 38.0 Å². The molecule has 0 aliphatic heterocycles. The molecule has 0 spiro atoms. The molecule has 8 nitrogen and oxygen atoms in total. The van der Waals surface area contributed by atoms with E-state index >= 15 is 0 Å². The minimum Gasteiger partial charge on any atom is -0.493 e. The molecule has 1 aromatic rings. The molecule has 2 rings (SSSR count). The van der Waals surface area contributed by atoms with Gasteiger partial charge in [-0.15, -0.1) is 0 Å². The molecule has 2 N–H and O–H groups in total. The summed E-state index contributed by atoms with van der Waals surface area (Å²) in [4.78, 5) is 37.5. The number of esters is 1. The number of methoxy groups -OCH3 is 1. The van der Waals surface area contributed by atoms with Gasteiger partial charge >= 0.3 is 5.97 Å². The summed E-state index contributed by atoms with van der Waals surface area (Å²) in [5.41, 5.74) is 5.27. The first-order chi connectivity index (χ1) is 13.5. The van der Waals surface area contributed by atoms with Gasteiger partial charge in [-0.1, -0.05) is 19.3 Å². The van der Waals surface area contributed by atoms with Gasteiger partial charge in [-0.25, -0.2) is 4.79 Å². The van der Waals surface area contributed by atoms with E-state index in [1.54, 1.807) is 4.90 Å². The number of likely N-dealkylation sites (N-methyl/N-ethyl adjacent to an activating group) is 1. The number of ether oxygens (including phenoxy) is 3. The van der Waals surface area contributed by atoms with Crippen molar-refractivity contribution in [3.05, 3.63) is 23.8 Å². The fraction of sp³-hybridized carbons (Fsp3) is 0.550. The summed E-state index contributed by atoms with van der Waals surface area (Å²) in [6.45, 7) is 1.93. The summed E-state index contributed by atoms with van der Waals surface area (Å²) in [6, 6.07) is 4.62. The lowest BCUT2D eigenvalue weighted by Crippen LogP contribution is -2.43. The van der Waals surface area contributed by atoms with Crippen LogP contribution in [-0.4, -0.2) is 55.6 Å². The largest absolute Gasteiger partial charge is 0.493 e. The van der Waals surface area contributed by atoms with E-state index in [0.717, 1.165) is 25.7 Å². The number of amides is 2. The number of nitrogens with two attached hydrogens (primary N) is 1. The summed E-state index contributed by atoms with van der Waals surface area (Å²) in [7, 11) is 1.41. The van der Waals surface area contributed by atoms with E-state index in [1.807, 2.05) is 6.92 Å². The summed E-state index contributed by atoms with van der Waals surface area (Å²) < 4.78 is 15.6. The molecule has 0 heterocycles. The number of primary amides is 1. The summed E-state index contributed by atoms with van der Waals surface area (Å²) in [5, 5.41) is 0. The zero-order chi connectivity index (χ0) is 20.5. The molecule has 0 saturated heterocycles. The molecule has 0 bridgehead atoms. The Kier molecular flexibility index (Phi) is 8.10. The van der Waals surface area contributed by atoms with Gasteiger partial charge in [0.05, 0.1) is 12.7 Å². The molecule has 154 valence electrons. The van der Waals surface area contributed by atoms with Crippen molar-refractivity contribution in [1.82, 2.24) is 4.90 Å². The smallest absolute Gasteiger partial charge is 0.338 e. The number of hydrogen-bond acceptors (Lipinski definition) is 6. The highest BCUT2D eigenvalue weighted by Crippen LogP contribution is 2.28. The minimum atomic E-state index is -0.632. The quantitative estimate of drug-likeness (QED) is 0.643. The molecular weight excluding hydrogens is 364 g/mol. The molecule has 0 atom stereocenters. The molecule has 0 radical (unpaired) electrons. The lowest BCUT2D eigenvalue weighted by atomic mass is 9.94. The molecule has 28 heavy (non-hydrogen) atoms. The molecule has 1 fully saturated rings. The number of carbonyl (C=O) groups excluding carboxylic acids is 3. The average Bonchev–Trinajstić information content (AvgIpc) is 2.71. The van der Waals surface area contributed by atoms with Crippen molar-refractivity contribution in [3.63, 3.8) is 0 Å². The Morgan fingerprint density at radius 2 is 1.82 bits per heavy atom. The fourth-order valence-electron chi connectivity index (χ4n) is 3.39. The van der Waals surface area contributed by atoms with E-state index in [0.29, 0.717) is 6.54 Å². The third kappa shape index (κ3) is 5.87. The molecular formula is C20H28N2O6. The van der Waals surface area contributed by atoms with E-state index < -0.39 is 11.9 Å². The van der Waals surface area contributed by atoms with Crippen LogP contribution in [0.4, 0.5) is 0 Å². The third-order valence-electron chi connectivity index (χ3n) is 4.77. The second-order valence-corrected chi connectivity index (χ2v) is 6.67. The Labute approximate surface area is 164 Å². The maximum absolute atomic E-state index is 12.5. The Bertz CT molecular complexity index is 700. The second kappa shape index (κ2) is 10.5. The molecule has 1 aliphatic rings. The predicted molar refractivity (Wildman–Crippen MR) is 102 cm³/mol. The van der Waals surface area contributed by atoms with Crippen molar-refractivity contribution in [1.29, 1.82) is 0 Å². The average molecular weight is 392 g/mol. The number of nitrogens with zero attached hydrogens (tertiary/aromatic N) is 1. The monoisotopic (exact) mass is 392 g/mol. The van der Waals surface area contributed by atoms with Crippen molar-refractivity contribution in [2.45, 2.75) is 45.1 Å². The van der Waals surface area contributed by atoms with Crippen LogP contribution in [-0.2, 0) is 14.3 Å². The maximum atomic E-state index is 12.5. The Balaban J connectivity index is 1.95. The lowest BCUT2D eigenvalue weighted by molar-refractivity contribution is -0.137. The van der Waals surface area contributed by atoms with Crippen LogP contribution in [0, 0.1) is 0 Å². The number of carbonyl (C=O) groups is 3. The maximum Gasteiger partial charge on any atom is 0.338 e. The van der Waals surface area contributed by atoms with Crippen molar-refractivity contribution < 1.29 is 28.6 Å². The van der Waals surface area contributed by atoms with Crippen molar-refractivity contribution in [2.24, 2.45) is 5.73 Å². The number of hydrogen-bond donors (Lipinski definition) is 1. The molecule has 0 unspecified atom stereocenters. The summed E-state index contributed by atoms with van der Waals surface area (Å²) in [6.07, 6.45) is 5.45. The molecule has 2 amide bonds. The first-order valence-corrected chi connectivity index (χ1v) is 9.52. The van der Waals surface area contributed by atoms with Crippen LogP contribution in [0.1, 0.15) is 49.4 Å². The van der Waals surface area contributed by atoms with E-state index in [1.165, 1.54) is 31.7 Å². The second-order valence-electron chi connectivity index (χ2n) is 6.67. The Morgan fingerprint density at radius 1 is 1.11 bits per heavy atom. The van der Waals surface area contributed by atoms with Crippen LogP contribution in [0.2, 0.25) is 0 Å². The van der Waals surface area contributed by atoms with E-state index in [9.17, 15) is 14.4 Å². The fourth-order valence-corrected chi connectivity index (χ4v) is 3.39. The molecule has 1 saturated carbocycles. The third-order valence-corrected chi connectivity index (χ3v) is 4.77. The zero-order valence-corrected chi connectivity index (χ0v) is 16.4. The molecule has 8 heteroatoms. The van der Waals surface area contributed by atoms with E-state index in [2.05, 4.69) is 0 Å². The molecule has 1 aliphatic carbocycles. The standard InChI is InChI=1S/C20H28N2O6/c1-3-22(15-7-5-4-6-8-15)19(24)13-28-20(25)14-9-10-16(17(11-14)26-2)27-12-18(21)23/h9-11,15H,3-8,12-13H2,1-2H3,(H2,21,23). The predicted octanol–water partition coefficient (Wildman–Crippen LogP) is 1.90. The molecule has 1 aromatic carbocycles. The van der Waals surface area contributed by atoms with Gasteiger partial charge in [0.15, 0.2) is 24.7 Å². The van der Waals surface area contributed by atoms with Crippen LogP contribution in [0.25, 0.3) is 0 Å². The van der Waals surface area contributed by atoms with E-state index in [-0.39, 0.29) is 42.2 Å². The Hall–Kier alpha value is -2.77. The van der Waals surface area contributed by atoms with E-state index in [4.69, 9.17) is 19.9 Å². The first kappa shape index (κ1) is 21.5. The van der Waals surface area contributed by atoms with Gasteiger partial charge in [0.1, 0.15) is 0 Å². The number of benzene rings is 1. The van der Waals surface area contributed by atoms with Crippen molar-refractivity contribution in [3.8, 4) is 11.5 Å². The van der Waals surface area contributed by atoms with Gasteiger partial charge in [0, 0.05) is 12.6 Å². The van der Waals surface area contributed by atoms with Gasteiger partial charge < -0.3 is 24.8 Å². The normalized spacial score (nSPS) is 14.2. The van der Waals surface area contributed by atoms with Gasteiger partial charge in [0.25, 0.3) is 11.8 Å². The van der Waals surface area contributed by atoms with Gasteiger partial charge in [-0.3, -0.25) is 9.59 Å². The Morgan fingerprint density at radius 3 is 2.43 bits per heavy atom. The van der Waals surface area contributed by atoms with Crippen LogP contribution in [0.5, 0.6) is 11.5 Å². The van der Waals surface area contributed by atoms with Crippen LogP contribution in [0.15, 0.2) is 18.2 Å². The zero-order valence-electron chi connectivity index (χ0n) is 16.4. The summed E-state index contributed by atoms with van der Waals surface area (Å²) >= 11 is 0. The SMILES string of the molecule is CCN(C(=O)COC(=O)c1ccc(OCC(N)=O)c(OC)c1)C1CCCCC1. The minimum absolute atomic E-state index is 0.184. The van der Waals surface area contributed by atoms with Crippen LogP contribution in [0.3, 0.4) is 0 Å². The van der Waals surface area contributed by atoms with Gasteiger partial charge in [0.2, 0.25) is 0 Å². The van der Waals surface area contributed by atoms with Crippen LogP contribution >= 0.6 is 0 Å². The highest BCUT2D eigenvalue weighted by atomic mass is 16.5. The summed E-state index contributed by atoms with van der Waals surface area (Å²) in [5.74, 6) is -0.894. The lowest BCUT2D eigenvalue weighted by Gasteiger charge is -2.33.